The van der Waals surface area contributed by atoms with Gasteiger partial charge >= 0.3 is 0 Å². The predicted octanol–water partition coefficient (Wildman–Crippen LogP) is 0.152. The summed E-state index contributed by atoms with van der Waals surface area (Å²) >= 11 is 0. The van der Waals surface area contributed by atoms with Crippen molar-refractivity contribution in [2.75, 3.05) is 13.6 Å². The first-order valence-corrected chi connectivity index (χ1v) is 4.36. The molecule has 0 saturated heterocycles. The summed E-state index contributed by atoms with van der Waals surface area (Å²) in [5, 5.41) is 14.9. The Labute approximate surface area is 80.9 Å². The Balaban J connectivity index is 2.10. The lowest BCUT2D eigenvalue weighted by Gasteiger charge is -1.95. The van der Waals surface area contributed by atoms with Crippen LogP contribution in [0.5, 0.6) is 0 Å². The Bertz CT molecular complexity index is 380. The van der Waals surface area contributed by atoms with E-state index in [0.717, 1.165) is 6.54 Å². The number of nitrogens with zero attached hydrogens (tertiary/aromatic N) is 4. The lowest BCUT2D eigenvalue weighted by molar-refractivity contribution is 0.506. The molecule has 0 saturated carbocycles. The van der Waals surface area contributed by atoms with Crippen molar-refractivity contribution in [2.45, 2.75) is 6.54 Å². The van der Waals surface area contributed by atoms with Crippen LogP contribution < -0.4 is 5.32 Å². The second-order valence-corrected chi connectivity index (χ2v) is 2.79. The molecule has 2 rings (SSSR count). The molecule has 1 N–H and O–H groups in total. The third kappa shape index (κ3) is 1.80. The summed E-state index contributed by atoms with van der Waals surface area (Å²) in [5.41, 5.74) is 0. The number of tetrazole rings is 1. The molecule has 0 aromatic carbocycles. The van der Waals surface area contributed by atoms with Gasteiger partial charge < -0.3 is 9.73 Å². The molecule has 2 aromatic rings. The molecule has 0 spiro atoms. The Morgan fingerprint density at radius 2 is 2.50 bits per heavy atom. The summed E-state index contributed by atoms with van der Waals surface area (Å²) in [7, 11) is 1.88. The first-order chi connectivity index (χ1) is 6.90. The van der Waals surface area contributed by atoms with E-state index in [1.807, 2.05) is 7.05 Å². The highest BCUT2D eigenvalue weighted by Gasteiger charge is 2.07. The first-order valence-electron chi connectivity index (χ1n) is 4.36. The number of furan rings is 1. The monoisotopic (exact) mass is 193 g/mol. The summed E-state index contributed by atoms with van der Waals surface area (Å²) in [6, 6.07) is 3.60. The number of aromatic nitrogens is 4. The zero-order valence-corrected chi connectivity index (χ0v) is 7.84. The van der Waals surface area contributed by atoms with E-state index < -0.39 is 0 Å². The molecule has 0 fully saturated rings. The summed E-state index contributed by atoms with van der Waals surface area (Å²) in [5.74, 6) is 1.16. The molecule has 0 unspecified atom stereocenters. The fourth-order valence-electron chi connectivity index (χ4n) is 1.05. The fourth-order valence-corrected chi connectivity index (χ4v) is 1.05. The molecule has 0 aliphatic rings. The smallest absolute Gasteiger partial charge is 0.240 e. The number of rotatable bonds is 4. The van der Waals surface area contributed by atoms with Gasteiger partial charge in [0.1, 0.15) is 0 Å². The van der Waals surface area contributed by atoms with E-state index in [0.29, 0.717) is 18.1 Å². The standard InChI is InChI=1S/C8H11N5O/c1-9-4-5-13-11-8(10-12-13)7-3-2-6-14-7/h2-3,6,9H,4-5H2,1H3. The highest BCUT2D eigenvalue weighted by atomic mass is 16.3. The Morgan fingerprint density at radius 1 is 1.57 bits per heavy atom. The highest BCUT2D eigenvalue weighted by Crippen LogP contribution is 2.12. The van der Waals surface area contributed by atoms with Gasteiger partial charge in [0.05, 0.1) is 12.8 Å². The molecule has 0 aliphatic heterocycles. The van der Waals surface area contributed by atoms with Crippen LogP contribution >= 0.6 is 0 Å². The lowest BCUT2D eigenvalue weighted by atomic mass is 10.4. The number of hydrogen-bond donors (Lipinski definition) is 1. The van der Waals surface area contributed by atoms with Crippen LogP contribution in [0.3, 0.4) is 0 Å². The van der Waals surface area contributed by atoms with Crippen molar-refractivity contribution in [3.63, 3.8) is 0 Å². The van der Waals surface area contributed by atoms with E-state index >= 15 is 0 Å². The Hall–Kier alpha value is -1.69. The van der Waals surface area contributed by atoms with Crippen LogP contribution in [0.25, 0.3) is 11.6 Å². The predicted molar refractivity (Wildman–Crippen MR) is 49.4 cm³/mol. The van der Waals surface area contributed by atoms with Gasteiger partial charge in [-0.3, -0.25) is 0 Å². The van der Waals surface area contributed by atoms with E-state index in [9.17, 15) is 0 Å². The van der Waals surface area contributed by atoms with Gasteiger partial charge in [-0.2, -0.15) is 4.80 Å². The molecular weight excluding hydrogens is 182 g/mol. The van der Waals surface area contributed by atoms with Crippen molar-refractivity contribution in [3.05, 3.63) is 18.4 Å². The molecule has 0 radical (unpaired) electrons. The third-order valence-electron chi connectivity index (χ3n) is 1.76. The van der Waals surface area contributed by atoms with Crippen LogP contribution in [0.4, 0.5) is 0 Å². The van der Waals surface area contributed by atoms with E-state index in [2.05, 4.69) is 20.7 Å². The van der Waals surface area contributed by atoms with Gasteiger partial charge in [0, 0.05) is 6.54 Å². The zero-order chi connectivity index (χ0) is 9.80. The molecule has 6 heteroatoms. The number of likely N-dealkylation sites (N-methyl/N-ethyl adjacent to an activating group) is 1. The number of hydrogen-bond acceptors (Lipinski definition) is 5. The van der Waals surface area contributed by atoms with E-state index in [1.165, 1.54) is 4.80 Å². The van der Waals surface area contributed by atoms with E-state index in [4.69, 9.17) is 4.42 Å². The van der Waals surface area contributed by atoms with Crippen LogP contribution in [-0.4, -0.2) is 33.8 Å². The molecule has 2 aromatic heterocycles. The van der Waals surface area contributed by atoms with Crippen molar-refractivity contribution < 1.29 is 4.42 Å². The quantitative estimate of drug-likeness (QED) is 0.748. The minimum absolute atomic E-state index is 0.520. The summed E-state index contributed by atoms with van der Waals surface area (Å²) in [6.07, 6.45) is 1.59. The van der Waals surface area contributed by atoms with Crippen molar-refractivity contribution >= 4 is 0 Å². The maximum atomic E-state index is 5.14. The van der Waals surface area contributed by atoms with Gasteiger partial charge in [0.15, 0.2) is 5.76 Å². The van der Waals surface area contributed by atoms with Crippen molar-refractivity contribution in [2.24, 2.45) is 0 Å². The third-order valence-corrected chi connectivity index (χ3v) is 1.76. The van der Waals surface area contributed by atoms with Crippen LogP contribution in [0.2, 0.25) is 0 Å². The number of nitrogens with one attached hydrogen (secondary N) is 1. The topological polar surface area (TPSA) is 68.8 Å². The van der Waals surface area contributed by atoms with Crippen molar-refractivity contribution in [1.82, 2.24) is 25.5 Å². The highest BCUT2D eigenvalue weighted by molar-refractivity contribution is 5.43. The zero-order valence-electron chi connectivity index (χ0n) is 7.84. The molecule has 6 nitrogen and oxygen atoms in total. The minimum atomic E-state index is 0.520. The van der Waals surface area contributed by atoms with Gasteiger partial charge in [-0.25, -0.2) is 0 Å². The average Bonchev–Trinajstić information content (AvgIpc) is 2.85. The van der Waals surface area contributed by atoms with Gasteiger partial charge in [-0.1, -0.05) is 0 Å². The fraction of sp³-hybridized carbons (Fsp3) is 0.375. The maximum absolute atomic E-state index is 5.14. The second kappa shape index (κ2) is 4.01. The maximum Gasteiger partial charge on any atom is 0.240 e. The Morgan fingerprint density at radius 3 is 3.21 bits per heavy atom. The van der Waals surface area contributed by atoms with Gasteiger partial charge in [0.25, 0.3) is 0 Å². The first kappa shape index (κ1) is 8.89. The van der Waals surface area contributed by atoms with Crippen LogP contribution in [0.15, 0.2) is 22.8 Å². The Kier molecular flexibility index (Phi) is 2.55. The van der Waals surface area contributed by atoms with Crippen molar-refractivity contribution in [1.29, 1.82) is 0 Å². The molecule has 0 amide bonds. The molecule has 2 heterocycles. The molecule has 0 aliphatic carbocycles. The summed E-state index contributed by atoms with van der Waals surface area (Å²) in [6.45, 7) is 1.51. The van der Waals surface area contributed by atoms with Gasteiger partial charge in [-0.15, -0.1) is 10.2 Å². The average molecular weight is 193 g/mol. The molecular formula is C8H11N5O. The summed E-state index contributed by atoms with van der Waals surface area (Å²) in [4.78, 5) is 1.54. The van der Waals surface area contributed by atoms with E-state index in [1.54, 1.807) is 18.4 Å². The molecule has 74 valence electrons. The van der Waals surface area contributed by atoms with Crippen molar-refractivity contribution in [3.8, 4) is 11.6 Å². The van der Waals surface area contributed by atoms with E-state index in [-0.39, 0.29) is 0 Å². The van der Waals surface area contributed by atoms with Crippen LogP contribution in [0, 0.1) is 0 Å². The summed E-state index contributed by atoms with van der Waals surface area (Å²) < 4.78 is 5.14. The normalized spacial score (nSPS) is 10.6. The molecule has 0 atom stereocenters. The van der Waals surface area contributed by atoms with Crippen LogP contribution in [0.1, 0.15) is 0 Å². The lowest BCUT2D eigenvalue weighted by Crippen LogP contribution is -2.16. The molecule has 14 heavy (non-hydrogen) atoms. The van der Waals surface area contributed by atoms with Crippen LogP contribution in [-0.2, 0) is 6.54 Å². The largest absolute Gasteiger partial charge is 0.461 e. The van der Waals surface area contributed by atoms with Gasteiger partial charge in [-0.05, 0) is 24.4 Å². The molecule has 0 bridgehead atoms. The second-order valence-electron chi connectivity index (χ2n) is 2.79. The SMILES string of the molecule is CNCCn1nnc(-c2ccco2)n1. The minimum Gasteiger partial charge on any atom is -0.461 e. The van der Waals surface area contributed by atoms with Gasteiger partial charge in [0.2, 0.25) is 5.82 Å².